The van der Waals surface area contributed by atoms with Gasteiger partial charge in [0.2, 0.25) is 0 Å². The fourth-order valence-corrected chi connectivity index (χ4v) is 1.39. The van der Waals surface area contributed by atoms with E-state index in [1.54, 1.807) is 7.05 Å². The lowest BCUT2D eigenvalue weighted by atomic mass is 10.5. The summed E-state index contributed by atoms with van der Waals surface area (Å²) in [7, 11) is 1.71. The van der Waals surface area contributed by atoms with Crippen LogP contribution in [0.25, 0.3) is 0 Å². The van der Waals surface area contributed by atoms with Gasteiger partial charge in [0.1, 0.15) is 17.5 Å². The van der Waals surface area contributed by atoms with Gasteiger partial charge in [0.05, 0.1) is 4.47 Å². The van der Waals surface area contributed by atoms with E-state index in [2.05, 4.69) is 21.0 Å². The smallest absolute Gasteiger partial charge is 0.303 e. The molecule has 13 heavy (non-hydrogen) atoms. The van der Waals surface area contributed by atoms with E-state index in [1.165, 1.54) is 11.6 Å². The molecule has 0 aromatic carbocycles. The Hall–Kier alpha value is -0.550. The molecular formula is C7H8BrClN2O2. The molecule has 4 nitrogen and oxygen atoms in total. The number of nitrogens with zero attached hydrogens (tertiary/aromatic N) is 2. The van der Waals surface area contributed by atoms with Crippen LogP contribution in [0.3, 0.4) is 0 Å². The van der Waals surface area contributed by atoms with E-state index in [0.29, 0.717) is 15.3 Å². The Morgan fingerprint density at radius 1 is 1.77 bits per heavy atom. The predicted molar refractivity (Wildman–Crippen MR) is 51.4 cm³/mol. The number of carbonyl (C=O) groups is 1. The van der Waals surface area contributed by atoms with Crippen molar-refractivity contribution >= 4 is 33.5 Å². The van der Waals surface area contributed by atoms with Crippen molar-refractivity contribution in [3.8, 4) is 0 Å². The SMILES string of the molecule is CC(=O)OCc1nn(C)c(Cl)c1Br. The third-order valence-corrected chi connectivity index (χ3v) is 2.90. The van der Waals surface area contributed by atoms with Gasteiger partial charge in [-0.05, 0) is 15.9 Å². The number of hydrogen-bond donors (Lipinski definition) is 0. The third kappa shape index (κ3) is 2.45. The Morgan fingerprint density at radius 3 is 2.77 bits per heavy atom. The maximum absolute atomic E-state index is 10.5. The van der Waals surface area contributed by atoms with Crippen LogP contribution >= 0.6 is 27.5 Å². The summed E-state index contributed by atoms with van der Waals surface area (Å²) in [6.45, 7) is 1.48. The molecular weight excluding hydrogens is 259 g/mol. The lowest BCUT2D eigenvalue weighted by Crippen LogP contribution is -2.00. The molecule has 1 aromatic heterocycles. The first-order chi connectivity index (χ1) is 6.02. The molecule has 0 N–H and O–H groups in total. The number of rotatable bonds is 2. The lowest BCUT2D eigenvalue weighted by molar-refractivity contribution is -0.142. The van der Waals surface area contributed by atoms with Crippen molar-refractivity contribution in [2.24, 2.45) is 7.05 Å². The summed E-state index contributed by atoms with van der Waals surface area (Å²) in [4.78, 5) is 10.5. The number of halogens is 2. The van der Waals surface area contributed by atoms with Crippen molar-refractivity contribution in [1.82, 2.24) is 9.78 Å². The second-order valence-corrected chi connectivity index (χ2v) is 3.61. The zero-order valence-corrected chi connectivity index (χ0v) is 9.52. The second-order valence-electron chi connectivity index (χ2n) is 2.46. The highest BCUT2D eigenvalue weighted by Gasteiger charge is 2.12. The molecule has 0 unspecified atom stereocenters. The van der Waals surface area contributed by atoms with Crippen LogP contribution in [-0.2, 0) is 23.2 Å². The summed E-state index contributed by atoms with van der Waals surface area (Å²) >= 11 is 9.07. The van der Waals surface area contributed by atoms with Crippen LogP contribution in [0.4, 0.5) is 0 Å². The average Bonchev–Trinajstić information content (AvgIpc) is 2.29. The molecule has 0 aliphatic heterocycles. The molecule has 0 saturated heterocycles. The summed E-state index contributed by atoms with van der Waals surface area (Å²) in [5.74, 6) is -0.339. The molecule has 0 spiro atoms. The van der Waals surface area contributed by atoms with E-state index in [-0.39, 0.29) is 12.6 Å². The maximum atomic E-state index is 10.5. The van der Waals surface area contributed by atoms with Crippen molar-refractivity contribution in [1.29, 1.82) is 0 Å². The summed E-state index contributed by atoms with van der Waals surface area (Å²) in [5, 5.41) is 4.53. The molecule has 72 valence electrons. The minimum atomic E-state index is -0.339. The van der Waals surface area contributed by atoms with Gasteiger partial charge in [-0.3, -0.25) is 9.48 Å². The summed E-state index contributed by atoms with van der Waals surface area (Å²) in [6, 6.07) is 0. The molecule has 1 rings (SSSR count). The van der Waals surface area contributed by atoms with Crippen molar-refractivity contribution in [2.45, 2.75) is 13.5 Å². The number of carbonyl (C=O) groups excluding carboxylic acids is 1. The highest BCUT2D eigenvalue weighted by molar-refractivity contribution is 9.10. The minimum absolute atomic E-state index is 0.135. The van der Waals surface area contributed by atoms with Gasteiger partial charge in [-0.15, -0.1) is 0 Å². The zero-order chi connectivity index (χ0) is 10.0. The molecule has 1 aromatic rings. The molecule has 0 aliphatic rings. The van der Waals surface area contributed by atoms with Crippen molar-refractivity contribution in [3.63, 3.8) is 0 Å². The number of esters is 1. The normalized spacial score (nSPS) is 10.2. The van der Waals surface area contributed by atoms with Gasteiger partial charge in [-0.1, -0.05) is 11.6 Å². The number of hydrogen-bond acceptors (Lipinski definition) is 3. The van der Waals surface area contributed by atoms with Crippen LogP contribution in [0.15, 0.2) is 4.47 Å². The minimum Gasteiger partial charge on any atom is -0.459 e. The highest BCUT2D eigenvalue weighted by Crippen LogP contribution is 2.25. The molecule has 1 heterocycles. The Labute approximate surface area is 88.9 Å². The molecule has 0 bridgehead atoms. The van der Waals surface area contributed by atoms with E-state index >= 15 is 0 Å². The van der Waals surface area contributed by atoms with Gasteiger partial charge in [0.15, 0.2) is 0 Å². The zero-order valence-electron chi connectivity index (χ0n) is 7.17. The topological polar surface area (TPSA) is 44.1 Å². The van der Waals surface area contributed by atoms with Gasteiger partial charge in [0.25, 0.3) is 0 Å². The fraction of sp³-hybridized carbons (Fsp3) is 0.429. The largest absolute Gasteiger partial charge is 0.459 e. The first kappa shape index (κ1) is 10.5. The monoisotopic (exact) mass is 266 g/mol. The number of aryl methyl sites for hydroxylation is 1. The van der Waals surface area contributed by atoms with Gasteiger partial charge in [-0.2, -0.15) is 5.10 Å². The summed E-state index contributed by atoms with van der Waals surface area (Å²) in [6.07, 6.45) is 0. The molecule has 0 saturated carbocycles. The molecule has 0 aliphatic carbocycles. The Morgan fingerprint density at radius 2 is 2.38 bits per heavy atom. The van der Waals surface area contributed by atoms with E-state index in [0.717, 1.165) is 0 Å². The van der Waals surface area contributed by atoms with Crippen molar-refractivity contribution in [3.05, 3.63) is 15.3 Å². The molecule has 0 atom stereocenters. The van der Waals surface area contributed by atoms with E-state index in [1.807, 2.05) is 0 Å². The van der Waals surface area contributed by atoms with E-state index in [4.69, 9.17) is 16.3 Å². The van der Waals surface area contributed by atoms with Crippen LogP contribution in [0.1, 0.15) is 12.6 Å². The van der Waals surface area contributed by atoms with Gasteiger partial charge < -0.3 is 4.74 Å². The molecule has 0 radical (unpaired) electrons. The van der Waals surface area contributed by atoms with E-state index in [9.17, 15) is 4.79 Å². The van der Waals surface area contributed by atoms with Crippen molar-refractivity contribution < 1.29 is 9.53 Å². The van der Waals surface area contributed by atoms with Crippen LogP contribution in [-0.4, -0.2) is 15.7 Å². The second kappa shape index (κ2) is 4.11. The van der Waals surface area contributed by atoms with Crippen LogP contribution in [0.5, 0.6) is 0 Å². The Balaban J connectivity index is 2.78. The van der Waals surface area contributed by atoms with Gasteiger partial charge in [0, 0.05) is 14.0 Å². The van der Waals surface area contributed by atoms with Crippen LogP contribution in [0.2, 0.25) is 5.15 Å². The Bertz CT molecular complexity index is 337. The number of ether oxygens (including phenoxy) is 1. The van der Waals surface area contributed by atoms with Crippen molar-refractivity contribution in [2.75, 3.05) is 0 Å². The van der Waals surface area contributed by atoms with Crippen LogP contribution in [0, 0.1) is 0 Å². The lowest BCUT2D eigenvalue weighted by Gasteiger charge is -1.97. The summed E-state index contributed by atoms with van der Waals surface area (Å²) in [5.41, 5.74) is 0.614. The maximum Gasteiger partial charge on any atom is 0.303 e. The standard InChI is InChI=1S/C7H8BrClN2O2/c1-4(12)13-3-5-6(8)7(9)11(2)10-5/h3H2,1-2H3. The van der Waals surface area contributed by atoms with Crippen LogP contribution < -0.4 is 0 Å². The number of aromatic nitrogens is 2. The van der Waals surface area contributed by atoms with Gasteiger partial charge in [-0.25, -0.2) is 0 Å². The molecule has 6 heteroatoms. The van der Waals surface area contributed by atoms with E-state index < -0.39 is 0 Å². The third-order valence-electron chi connectivity index (χ3n) is 1.40. The predicted octanol–water partition coefficient (Wildman–Crippen LogP) is 1.90. The molecule has 0 amide bonds. The summed E-state index contributed by atoms with van der Waals surface area (Å²) < 4.78 is 6.94. The van der Waals surface area contributed by atoms with Gasteiger partial charge >= 0.3 is 5.97 Å². The molecule has 0 fully saturated rings. The Kier molecular flexibility index (Phi) is 3.33. The first-order valence-electron chi connectivity index (χ1n) is 3.52. The highest BCUT2D eigenvalue weighted by atomic mass is 79.9. The quantitative estimate of drug-likeness (QED) is 0.769. The average molecular weight is 268 g/mol. The fourth-order valence-electron chi connectivity index (χ4n) is 0.792. The first-order valence-corrected chi connectivity index (χ1v) is 4.69.